The largest absolute Gasteiger partial charge is 0.494 e. The zero-order valence-corrected chi connectivity index (χ0v) is 14.6. The first-order valence-electron chi connectivity index (χ1n) is 8.88. The van der Waals surface area contributed by atoms with E-state index in [1.54, 1.807) is 0 Å². The predicted octanol–water partition coefficient (Wildman–Crippen LogP) is 4.21. The molecule has 1 aliphatic carbocycles. The Morgan fingerprint density at radius 3 is 2.88 bits per heavy atom. The minimum Gasteiger partial charge on any atom is -0.494 e. The standard InChI is InChI=1S/C21H22N2O2/c1-3-25-18-11-9-15(12-13(18)2)19-17-10-8-14-6-4-5-7-16(14)20(17)23-21(24)22-19/h4-7,9,11-12,17,19H,3,8,10H2,1-2H3,(H,22,24). The summed E-state index contributed by atoms with van der Waals surface area (Å²) in [6.45, 7) is 4.68. The van der Waals surface area contributed by atoms with Gasteiger partial charge in [0.05, 0.1) is 18.4 Å². The van der Waals surface area contributed by atoms with Crippen molar-refractivity contribution in [2.45, 2.75) is 32.7 Å². The molecular weight excluding hydrogens is 312 g/mol. The number of nitrogens with one attached hydrogen (secondary N) is 1. The molecule has 128 valence electrons. The SMILES string of the molecule is CCOc1ccc(C2NC(=O)N=C3c4ccccc4CCC32)cc1C. The van der Waals surface area contributed by atoms with Crippen molar-refractivity contribution in [3.8, 4) is 5.75 Å². The highest BCUT2D eigenvalue weighted by Gasteiger charge is 2.37. The lowest BCUT2D eigenvalue weighted by Gasteiger charge is -2.36. The van der Waals surface area contributed by atoms with Crippen LogP contribution in [0, 0.1) is 12.8 Å². The van der Waals surface area contributed by atoms with Crippen LogP contribution < -0.4 is 10.1 Å². The van der Waals surface area contributed by atoms with Crippen LogP contribution in [0.25, 0.3) is 0 Å². The van der Waals surface area contributed by atoms with Gasteiger partial charge in [0.2, 0.25) is 0 Å². The summed E-state index contributed by atoms with van der Waals surface area (Å²) in [6, 6.07) is 14.2. The summed E-state index contributed by atoms with van der Waals surface area (Å²) in [7, 11) is 0. The van der Waals surface area contributed by atoms with Crippen LogP contribution in [-0.2, 0) is 6.42 Å². The van der Waals surface area contributed by atoms with Crippen LogP contribution in [0.4, 0.5) is 4.79 Å². The van der Waals surface area contributed by atoms with Crippen LogP contribution in [0.2, 0.25) is 0 Å². The van der Waals surface area contributed by atoms with Crippen LogP contribution in [0.1, 0.15) is 41.6 Å². The molecule has 0 radical (unpaired) electrons. The smallest absolute Gasteiger partial charge is 0.341 e. The molecule has 0 saturated carbocycles. The number of hydrogen-bond donors (Lipinski definition) is 1. The molecule has 25 heavy (non-hydrogen) atoms. The summed E-state index contributed by atoms with van der Waals surface area (Å²) in [5.74, 6) is 1.11. The second-order valence-corrected chi connectivity index (χ2v) is 6.68. The fraction of sp³-hybridized carbons (Fsp3) is 0.333. The molecule has 2 aliphatic rings. The molecule has 2 aromatic carbocycles. The van der Waals surface area contributed by atoms with Gasteiger partial charge in [-0.1, -0.05) is 36.4 Å². The van der Waals surface area contributed by atoms with E-state index in [-0.39, 0.29) is 18.0 Å². The number of rotatable bonds is 3. The first kappa shape index (κ1) is 15.9. The van der Waals surface area contributed by atoms with Crippen LogP contribution in [0.15, 0.2) is 47.5 Å². The highest BCUT2D eigenvalue weighted by atomic mass is 16.5. The van der Waals surface area contributed by atoms with E-state index >= 15 is 0 Å². The van der Waals surface area contributed by atoms with Crippen molar-refractivity contribution in [2.75, 3.05) is 6.61 Å². The Hall–Kier alpha value is -2.62. The lowest BCUT2D eigenvalue weighted by atomic mass is 9.75. The van der Waals surface area contributed by atoms with E-state index in [1.165, 1.54) is 5.56 Å². The van der Waals surface area contributed by atoms with E-state index in [2.05, 4.69) is 40.6 Å². The van der Waals surface area contributed by atoms with E-state index in [1.807, 2.05) is 26.0 Å². The number of amides is 2. The van der Waals surface area contributed by atoms with Gasteiger partial charge in [-0.25, -0.2) is 4.79 Å². The van der Waals surface area contributed by atoms with Gasteiger partial charge >= 0.3 is 6.03 Å². The van der Waals surface area contributed by atoms with Crippen molar-refractivity contribution >= 4 is 11.7 Å². The molecule has 0 fully saturated rings. The van der Waals surface area contributed by atoms with Crippen molar-refractivity contribution in [1.82, 2.24) is 5.32 Å². The maximum Gasteiger partial charge on any atom is 0.341 e. The highest BCUT2D eigenvalue weighted by molar-refractivity contribution is 6.11. The zero-order chi connectivity index (χ0) is 17.4. The average molecular weight is 334 g/mol. The summed E-state index contributed by atoms with van der Waals surface area (Å²) < 4.78 is 5.64. The first-order chi connectivity index (χ1) is 12.2. The summed E-state index contributed by atoms with van der Waals surface area (Å²) in [6.07, 6.45) is 2.01. The molecule has 2 unspecified atom stereocenters. The summed E-state index contributed by atoms with van der Waals surface area (Å²) in [4.78, 5) is 16.6. The van der Waals surface area contributed by atoms with E-state index in [9.17, 15) is 4.79 Å². The second kappa shape index (κ2) is 6.36. The van der Waals surface area contributed by atoms with Gasteiger partial charge in [-0.2, -0.15) is 4.99 Å². The first-order valence-corrected chi connectivity index (χ1v) is 8.88. The van der Waals surface area contributed by atoms with Gasteiger partial charge < -0.3 is 10.1 Å². The number of benzene rings is 2. The fourth-order valence-electron chi connectivity index (χ4n) is 3.98. The molecule has 4 heteroatoms. The molecule has 4 nitrogen and oxygen atoms in total. The zero-order valence-electron chi connectivity index (χ0n) is 14.6. The van der Waals surface area contributed by atoms with Gasteiger partial charge in [-0.05, 0) is 55.0 Å². The van der Waals surface area contributed by atoms with Crippen molar-refractivity contribution < 1.29 is 9.53 Å². The number of fused-ring (bicyclic) bond motifs is 3. The molecule has 1 N–H and O–H groups in total. The molecule has 0 spiro atoms. The van der Waals surface area contributed by atoms with Crippen LogP contribution >= 0.6 is 0 Å². The van der Waals surface area contributed by atoms with Crippen molar-refractivity contribution in [3.63, 3.8) is 0 Å². The summed E-state index contributed by atoms with van der Waals surface area (Å²) in [5.41, 5.74) is 5.55. The normalized spacial score (nSPS) is 21.7. The lowest BCUT2D eigenvalue weighted by molar-refractivity contribution is 0.239. The Morgan fingerprint density at radius 1 is 1.24 bits per heavy atom. The van der Waals surface area contributed by atoms with Gasteiger partial charge in [-0.3, -0.25) is 0 Å². The quantitative estimate of drug-likeness (QED) is 0.914. The number of aryl methyl sites for hydroxylation is 2. The maximum absolute atomic E-state index is 12.2. The van der Waals surface area contributed by atoms with Crippen LogP contribution in [0.5, 0.6) is 5.75 Å². The molecule has 2 aromatic rings. The van der Waals surface area contributed by atoms with E-state index in [0.29, 0.717) is 6.61 Å². The lowest BCUT2D eigenvalue weighted by Crippen LogP contribution is -2.43. The van der Waals surface area contributed by atoms with Gasteiger partial charge in [0.25, 0.3) is 0 Å². The fourth-order valence-corrected chi connectivity index (χ4v) is 3.98. The number of urea groups is 1. The topological polar surface area (TPSA) is 50.7 Å². The minimum atomic E-state index is -0.250. The third-order valence-corrected chi connectivity index (χ3v) is 5.13. The summed E-state index contributed by atoms with van der Waals surface area (Å²) in [5, 5.41) is 3.07. The number of hydrogen-bond acceptors (Lipinski definition) is 2. The number of ether oxygens (including phenoxy) is 1. The number of carbonyl (C=O) groups excluding carboxylic acids is 1. The summed E-state index contributed by atoms with van der Waals surface area (Å²) >= 11 is 0. The third kappa shape index (κ3) is 2.82. The number of carbonyl (C=O) groups is 1. The van der Waals surface area contributed by atoms with Gasteiger partial charge in [0, 0.05) is 5.92 Å². The second-order valence-electron chi connectivity index (χ2n) is 6.68. The molecule has 2 amide bonds. The molecule has 0 saturated heterocycles. The molecule has 0 aromatic heterocycles. The minimum absolute atomic E-state index is 0.0391. The molecule has 0 bridgehead atoms. The van der Waals surface area contributed by atoms with Gasteiger partial charge in [-0.15, -0.1) is 0 Å². The monoisotopic (exact) mass is 334 g/mol. The molecule has 1 heterocycles. The Labute approximate surface area is 147 Å². The van der Waals surface area contributed by atoms with Crippen molar-refractivity contribution in [2.24, 2.45) is 10.9 Å². The average Bonchev–Trinajstić information content (AvgIpc) is 2.63. The Morgan fingerprint density at radius 2 is 2.08 bits per heavy atom. The van der Waals surface area contributed by atoms with Gasteiger partial charge in [0.1, 0.15) is 5.75 Å². The van der Waals surface area contributed by atoms with Crippen molar-refractivity contribution in [1.29, 1.82) is 0 Å². The maximum atomic E-state index is 12.2. The van der Waals surface area contributed by atoms with Gasteiger partial charge in [0.15, 0.2) is 0 Å². The van der Waals surface area contributed by atoms with E-state index < -0.39 is 0 Å². The Kier molecular flexibility index (Phi) is 4.04. The van der Waals surface area contributed by atoms with Crippen molar-refractivity contribution in [3.05, 3.63) is 64.7 Å². The third-order valence-electron chi connectivity index (χ3n) is 5.13. The Balaban J connectivity index is 1.72. The number of aliphatic imine (C=N–C) groups is 1. The molecular formula is C21H22N2O2. The van der Waals surface area contributed by atoms with Crippen LogP contribution in [-0.4, -0.2) is 18.3 Å². The highest BCUT2D eigenvalue weighted by Crippen LogP contribution is 2.38. The Bertz CT molecular complexity index is 857. The molecule has 1 aliphatic heterocycles. The molecule has 4 rings (SSSR count). The predicted molar refractivity (Wildman–Crippen MR) is 98.4 cm³/mol. The number of nitrogens with zero attached hydrogens (tertiary/aromatic N) is 1. The van der Waals surface area contributed by atoms with Crippen LogP contribution in [0.3, 0.4) is 0 Å². The van der Waals surface area contributed by atoms with E-state index in [0.717, 1.165) is 41.0 Å². The molecule has 2 atom stereocenters. The van der Waals surface area contributed by atoms with E-state index in [4.69, 9.17) is 4.74 Å².